The molecule has 0 bridgehead atoms. The van der Waals surface area contributed by atoms with Gasteiger partial charge in [0.15, 0.2) is 5.43 Å². The van der Waals surface area contributed by atoms with Crippen molar-refractivity contribution in [3.8, 4) is 11.6 Å². The molecule has 0 radical (unpaired) electrons. The third kappa shape index (κ3) is 1.99. The molecule has 22 heavy (non-hydrogen) atoms. The first-order valence-corrected chi connectivity index (χ1v) is 7.19. The van der Waals surface area contributed by atoms with Gasteiger partial charge < -0.3 is 9.67 Å². The Morgan fingerprint density at radius 3 is 2.32 bits per heavy atom. The second-order valence-electron chi connectivity index (χ2n) is 5.71. The highest BCUT2D eigenvalue weighted by Gasteiger charge is 2.16. The van der Waals surface area contributed by atoms with E-state index in [-0.39, 0.29) is 16.7 Å². The minimum absolute atomic E-state index is 0.205. The second-order valence-corrected chi connectivity index (χ2v) is 5.71. The highest BCUT2D eigenvalue weighted by Crippen LogP contribution is 2.29. The quantitative estimate of drug-likeness (QED) is 0.749. The minimum atomic E-state index is -0.217. The van der Waals surface area contributed by atoms with E-state index in [0.29, 0.717) is 0 Å². The largest absolute Gasteiger partial charge is 0.493 e. The van der Waals surface area contributed by atoms with Crippen LogP contribution in [0.5, 0.6) is 5.88 Å². The maximum atomic E-state index is 12.3. The third-order valence-electron chi connectivity index (χ3n) is 4.04. The minimum Gasteiger partial charge on any atom is -0.493 e. The van der Waals surface area contributed by atoms with Crippen molar-refractivity contribution in [3.63, 3.8) is 0 Å². The Kier molecular flexibility index (Phi) is 3.24. The molecule has 4 heteroatoms. The van der Waals surface area contributed by atoms with Crippen molar-refractivity contribution < 1.29 is 5.11 Å². The van der Waals surface area contributed by atoms with Gasteiger partial charge in [0, 0.05) is 18.0 Å². The lowest BCUT2D eigenvalue weighted by Crippen LogP contribution is -2.14. The number of aryl methyl sites for hydroxylation is 4. The Labute approximate surface area is 128 Å². The van der Waals surface area contributed by atoms with Crippen LogP contribution >= 0.6 is 0 Å². The van der Waals surface area contributed by atoms with Crippen molar-refractivity contribution in [2.24, 2.45) is 0 Å². The molecule has 4 nitrogen and oxygen atoms in total. The normalized spacial score (nSPS) is 11.1. The fourth-order valence-electron chi connectivity index (χ4n) is 3.05. The van der Waals surface area contributed by atoms with E-state index in [2.05, 4.69) is 4.98 Å². The maximum Gasteiger partial charge on any atom is 0.224 e. The molecule has 0 saturated heterocycles. The summed E-state index contributed by atoms with van der Waals surface area (Å²) in [4.78, 5) is 16.2. The van der Waals surface area contributed by atoms with Gasteiger partial charge in [-0.1, -0.05) is 18.2 Å². The molecule has 3 rings (SSSR count). The zero-order valence-corrected chi connectivity index (χ0v) is 13.1. The Morgan fingerprint density at radius 2 is 1.68 bits per heavy atom. The van der Waals surface area contributed by atoms with Crippen LogP contribution in [0, 0.1) is 27.7 Å². The van der Waals surface area contributed by atoms with E-state index in [4.69, 9.17) is 0 Å². The number of rotatable bonds is 1. The van der Waals surface area contributed by atoms with Gasteiger partial charge in [-0.25, -0.2) is 4.98 Å². The summed E-state index contributed by atoms with van der Waals surface area (Å²) in [5, 5.41) is 10.3. The Hall–Kier alpha value is -2.62. The highest BCUT2D eigenvalue weighted by atomic mass is 16.3. The van der Waals surface area contributed by atoms with Crippen LogP contribution in [0.1, 0.15) is 22.4 Å². The van der Waals surface area contributed by atoms with Crippen molar-refractivity contribution >= 4 is 10.9 Å². The summed E-state index contributed by atoms with van der Waals surface area (Å²) in [5.74, 6) is -0.217. The smallest absolute Gasteiger partial charge is 0.224 e. The van der Waals surface area contributed by atoms with E-state index in [1.165, 1.54) is 0 Å². The van der Waals surface area contributed by atoms with Crippen LogP contribution in [-0.4, -0.2) is 14.7 Å². The van der Waals surface area contributed by atoms with Crippen molar-refractivity contribution in [3.05, 3.63) is 63.1 Å². The van der Waals surface area contributed by atoms with E-state index in [1.807, 2.05) is 50.5 Å². The van der Waals surface area contributed by atoms with Crippen molar-refractivity contribution in [2.75, 3.05) is 0 Å². The number of para-hydroxylation sites is 1. The fraction of sp³-hybridized carbons (Fsp3) is 0.222. The second kappa shape index (κ2) is 4.98. The van der Waals surface area contributed by atoms with Crippen LogP contribution in [0.15, 0.2) is 35.3 Å². The summed E-state index contributed by atoms with van der Waals surface area (Å²) in [7, 11) is 0. The molecule has 0 atom stereocenters. The van der Waals surface area contributed by atoms with Crippen LogP contribution in [0.4, 0.5) is 0 Å². The lowest BCUT2D eigenvalue weighted by Gasteiger charge is -2.20. The van der Waals surface area contributed by atoms with Gasteiger partial charge in [0.05, 0.1) is 11.2 Å². The molecule has 0 unspecified atom stereocenters. The molecule has 1 aromatic carbocycles. The van der Waals surface area contributed by atoms with Gasteiger partial charge in [0.1, 0.15) is 5.39 Å². The predicted molar refractivity (Wildman–Crippen MR) is 88.0 cm³/mol. The van der Waals surface area contributed by atoms with Crippen LogP contribution in [-0.2, 0) is 0 Å². The molecule has 0 aliphatic carbocycles. The van der Waals surface area contributed by atoms with Gasteiger partial charge in [0.2, 0.25) is 5.88 Å². The zero-order chi connectivity index (χ0) is 16.0. The fourth-order valence-corrected chi connectivity index (χ4v) is 3.05. The first-order chi connectivity index (χ1) is 10.4. The third-order valence-corrected chi connectivity index (χ3v) is 4.04. The number of nitrogens with zero attached hydrogens (tertiary/aromatic N) is 2. The number of hydrogen-bond acceptors (Lipinski definition) is 3. The average molecular weight is 294 g/mol. The lowest BCUT2D eigenvalue weighted by molar-refractivity contribution is 0.459. The SMILES string of the molecule is Cc1cccc(C)c1-n1c(C)cc(=O)c2c(O)ncc(C)c21. The van der Waals surface area contributed by atoms with Crippen molar-refractivity contribution in [1.29, 1.82) is 0 Å². The summed E-state index contributed by atoms with van der Waals surface area (Å²) in [6.45, 7) is 7.89. The molecule has 1 N–H and O–H groups in total. The monoisotopic (exact) mass is 294 g/mol. The van der Waals surface area contributed by atoms with Crippen LogP contribution in [0.3, 0.4) is 0 Å². The number of aromatic hydroxyl groups is 1. The number of benzene rings is 1. The molecule has 3 aromatic rings. The summed E-state index contributed by atoms with van der Waals surface area (Å²) >= 11 is 0. The first-order valence-electron chi connectivity index (χ1n) is 7.19. The Balaban J connectivity index is 2.61. The molecule has 112 valence electrons. The number of hydrogen-bond donors (Lipinski definition) is 1. The van der Waals surface area contributed by atoms with Gasteiger partial charge >= 0.3 is 0 Å². The molecule has 0 fully saturated rings. The standard InChI is InChI=1S/C18H18N2O2/c1-10-6-5-7-11(2)16(10)20-13(4)8-14(21)15-17(20)12(3)9-19-18(15)22/h5-9H,1-4H3,(H,19,22). The van der Waals surface area contributed by atoms with E-state index in [0.717, 1.165) is 33.6 Å². The topological polar surface area (TPSA) is 55.1 Å². The Morgan fingerprint density at radius 1 is 1.05 bits per heavy atom. The van der Waals surface area contributed by atoms with E-state index in [9.17, 15) is 9.90 Å². The van der Waals surface area contributed by atoms with Gasteiger partial charge in [-0.2, -0.15) is 0 Å². The molecule has 0 saturated carbocycles. The number of fused-ring (bicyclic) bond motifs is 1. The van der Waals surface area contributed by atoms with Crippen molar-refractivity contribution in [2.45, 2.75) is 27.7 Å². The Bertz CT molecular complexity index is 935. The lowest BCUT2D eigenvalue weighted by atomic mass is 10.1. The predicted octanol–water partition coefficient (Wildman–Crippen LogP) is 3.32. The molecular formula is C18H18N2O2. The van der Waals surface area contributed by atoms with Gasteiger partial charge in [-0.3, -0.25) is 4.79 Å². The highest BCUT2D eigenvalue weighted by molar-refractivity contribution is 5.88. The van der Waals surface area contributed by atoms with Gasteiger partial charge in [0.25, 0.3) is 0 Å². The van der Waals surface area contributed by atoms with Gasteiger partial charge in [-0.05, 0) is 44.4 Å². The summed E-state index contributed by atoms with van der Waals surface area (Å²) in [6, 6.07) is 7.65. The van der Waals surface area contributed by atoms with Crippen LogP contribution < -0.4 is 5.43 Å². The number of aromatic nitrogens is 2. The molecule has 2 aromatic heterocycles. The molecule has 0 spiro atoms. The summed E-state index contributed by atoms with van der Waals surface area (Å²) in [5.41, 5.74) is 5.48. The van der Waals surface area contributed by atoms with Gasteiger partial charge in [-0.15, -0.1) is 0 Å². The molecule has 0 aliphatic rings. The molecule has 0 aliphatic heterocycles. The molecular weight excluding hydrogens is 276 g/mol. The first kappa shape index (κ1) is 14.3. The van der Waals surface area contributed by atoms with E-state index in [1.54, 1.807) is 12.3 Å². The molecule has 0 amide bonds. The maximum absolute atomic E-state index is 12.3. The summed E-state index contributed by atoms with van der Waals surface area (Å²) in [6.07, 6.45) is 1.60. The average Bonchev–Trinajstić information content (AvgIpc) is 2.44. The zero-order valence-electron chi connectivity index (χ0n) is 13.1. The van der Waals surface area contributed by atoms with Crippen LogP contribution in [0.25, 0.3) is 16.6 Å². The molecule has 2 heterocycles. The van der Waals surface area contributed by atoms with E-state index < -0.39 is 0 Å². The summed E-state index contributed by atoms with van der Waals surface area (Å²) < 4.78 is 2.04. The van der Waals surface area contributed by atoms with Crippen molar-refractivity contribution in [1.82, 2.24) is 9.55 Å². The van der Waals surface area contributed by atoms with E-state index >= 15 is 0 Å². The van der Waals surface area contributed by atoms with Crippen LogP contribution in [0.2, 0.25) is 0 Å². The number of pyridine rings is 2.